The van der Waals surface area contributed by atoms with Gasteiger partial charge >= 0.3 is 5.97 Å². The number of hydrogen-bond donors (Lipinski definition) is 1. The Bertz CT molecular complexity index is 1010. The van der Waals surface area contributed by atoms with Gasteiger partial charge in [0, 0.05) is 17.5 Å². The predicted octanol–water partition coefficient (Wildman–Crippen LogP) is 4.86. The monoisotopic (exact) mass is 428 g/mol. The highest BCUT2D eigenvalue weighted by molar-refractivity contribution is 7.12. The minimum atomic E-state index is -0.647. The maximum atomic E-state index is 13.6. The number of nitrogens with zero attached hydrogens (tertiary/aromatic N) is 2. The Hall–Kier alpha value is -2.51. The number of esters is 1. The Balaban J connectivity index is 1.75. The highest BCUT2D eigenvalue weighted by Gasteiger charge is 2.29. The van der Waals surface area contributed by atoms with E-state index < -0.39 is 6.10 Å². The van der Waals surface area contributed by atoms with Gasteiger partial charge in [-0.15, -0.1) is 11.3 Å². The van der Waals surface area contributed by atoms with E-state index in [1.165, 1.54) is 12.1 Å². The van der Waals surface area contributed by atoms with E-state index >= 15 is 0 Å². The molecule has 5 nitrogen and oxygen atoms in total. The standard InChI is InChI=1S/C23H25FN2O3S/c1-14(2)22-19(10-9-18-12-17(27)13-21(28)29-18)23(15-5-7-16(24)8-6-15)26(25-22)20-4-3-11-30-20/h3-8,11,14,17-18,27H,9-10,12-13H2,1-2H3. The summed E-state index contributed by atoms with van der Waals surface area (Å²) in [6.07, 6.45) is 0.806. The Morgan fingerprint density at radius 3 is 2.70 bits per heavy atom. The molecule has 0 spiro atoms. The molecule has 30 heavy (non-hydrogen) atoms. The Labute approximate surface area is 179 Å². The van der Waals surface area contributed by atoms with Crippen LogP contribution in [0.3, 0.4) is 0 Å². The first-order valence-corrected chi connectivity index (χ1v) is 11.1. The molecule has 1 N–H and O–H groups in total. The normalized spacial score (nSPS) is 19.3. The van der Waals surface area contributed by atoms with Gasteiger partial charge in [-0.25, -0.2) is 9.07 Å². The largest absolute Gasteiger partial charge is 0.462 e. The van der Waals surface area contributed by atoms with E-state index in [-0.39, 0.29) is 30.2 Å². The van der Waals surface area contributed by atoms with Gasteiger partial charge in [-0.05, 0) is 60.5 Å². The van der Waals surface area contributed by atoms with Crippen molar-refractivity contribution in [1.29, 1.82) is 0 Å². The molecule has 0 radical (unpaired) electrons. The minimum absolute atomic E-state index is 0.0604. The SMILES string of the molecule is CC(C)c1nn(-c2cccs2)c(-c2ccc(F)cc2)c1CCC1CC(O)CC(=O)O1. The van der Waals surface area contributed by atoms with Gasteiger partial charge in [0.2, 0.25) is 0 Å². The number of thiophene rings is 1. The Morgan fingerprint density at radius 2 is 2.07 bits per heavy atom. The van der Waals surface area contributed by atoms with Gasteiger partial charge in [0.1, 0.15) is 16.9 Å². The van der Waals surface area contributed by atoms with E-state index in [2.05, 4.69) is 13.8 Å². The second kappa shape index (κ2) is 8.70. The number of aliphatic hydroxyl groups excluding tert-OH is 1. The van der Waals surface area contributed by atoms with Crippen LogP contribution in [0.1, 0.15) is 50.3 Å². The molecule has 4 rings (SSSR count). The van der Waals surface area contributed by atoms with Crippen LogP contribution in [-0.4, -0.2) is 33.1 Å². The summed E-state index contributed by atoms with van der Waals surface area (Å²) >= 11 is 1.59. The van der Waals surface area contributed by atoms with Crippen LogP contribution >= 0.6 is 11.3 Å². The highest BCUT2D eigenvalue weighted by atomic mass is 32.1. The van der Waals surface area contributed by atoms with Crippen molar-refractivity contribution in [3.63, 3.8) is 0 Å². The number of aliphatic hydroxyl groups is 1. The third kappa shape index (κ3) is 4.32. The van der Waals surface area contributed by atoms with Crippen LogP contribution in [0.5, 0.6) is 0 Å². The summed E-state index contributed by atoms with van der Waals surface area (Å²) in [5, 5.41) is 17.8. The van der Waals surface area contributed by atoms with E-state index in [4.69, 9.17) is 9.84 Å². The van der Waals surface area contributed by atoms with Crippen LogP contribution in [0, 0.1) is 5.82 Å². The van der Waals surface area contributed by atoms with Gasteiger partial charge in [-0.2, -0.15) is 5.10 Å². The lowest BCUT2D eigenvalue weighted by Crippen LogP contribution is -2.32. The zero-order chi connectivity index (χ0) is 21.3. The molecule has 0 bridgehead atoms. The van der Waals surface area contributed by atoms with Crippen molar-refractivity contribution in [3.8, 4) is 16.3 Å². The second-order valence-electron chi connectivity index (χ2n) is 7.98. The van der Waals surface area contributed by atoms with Crippen LogP contribution in [0.15, 0.2) is 41.8 Å². The van der Waals surface area contributed by atoms with Crippen molar-refractivity contribution in [3.05, 3.63) is 58.9 Å². The molecule has 2 unspecified atom stereocenters. The number of ether oxygens (including phenoxy) is 1. The van der Waals surface area contributed by atoms with E-state index in [1.54, 1.807) is 23.5 Å². The Kier molecular flexibility index (Phi) is 6.01. The molecular weight excluding hydrogens is 403 g/mol. The van der Waals surface area contributed by atoms with Gasteiger partial charge in [0.15, 0.2) is 0 Å². The fourth-order valence-corrected chi connectivity index (χ4v) is 4.66. The lowest BCUT2D eigenvalue weighted by atomic mass is 9.93. The topological polar surface area (TPSA) is 64.3 Å². The number of aromatic nitrogens is 2. The van der Waals surface area contributed by atoms with Crippen molar-refractivity contribution in [2.75, 3.05) is 0 Å². The van der Waals surface area contributed by atoms with E-state index in [0.29, 0.717) is 19.3 Å². The van der Waals surface area contributed by atoms with Crippen LogP contribution in [0.4, 0.5) is 4.39 Å². The number of hydrogen-bond acceptors (Lipinski definition) is 5. The van der Waals surface area contributed by atoms with Gasteiger partial charge in [-0.1, -0.05) is 13.8 Å². The zero-order valence-corrected chi connectivity index (χ0v) is 17.9. The third-order valence-electron chi connectivity index (χ3n) is 5.35. The summed E-state index contributed by atoms with van der Waals surface area (Å²) in [5.74, 6) is -0.439. The van der Waals surface area contributed by atoms with Gasteiger partial charge in [0.25, 0.3) is 0 Å². The lowest BCUT2D eigenvalue weighted by molar-refractivity contribution is -0.160. The number of benzene rings is 1. The number of cyclic esters (lactones) is 1. The molecule has 7 heteroatoms. The summed E-state index contributed by atoms with van der Waals surface area (Å²) in [6, 6.07) is 10.5. The molecule has 1 aromatic carbocycles. The van der Waals surface area contributed by atoms with Crippen LogP contribution in [0.25, 0.3) is 16.3 Å². The third-order valence-corrected chi connectivity index (χ3v) is 6.19. The van der Waals surface area contributed by atoms with E-state index in [9.17, 15) is 14.3 Å². The van der Waals surface area contributed by atoms with Crippen molar-refractivity contribution < 1.29 is 19.0 Å². The van der Waals surface area contributed by atoms with Crippen molar-refractivity contribution in [2.24, 2.45) is 0 Å². The van der Waals surface area contributed by atoms with Crippen molar-refractivity contribution >= 4 is 17.3 Å². The molecule has 0 saturated carbocycles. The average Bonchev–Trinajstić information content (AvgIpc) is 3.34. The molecule has 1 saturated heterocycles. The zero-order valence-electron chi connectivity index (χ0n) is 17.0. The van der Waals surface area contributed by atoms with E-state index in [0.717, 1.165) is 27.5 Å². The van der Waals surface area contributed by atoms with E-state index in [1.807, 2.05) is 22.2 Å². The maximum Gasteiger partial charge on any atom is 0.308 e. The molecule has 0 amide bonds. The Morgan fingerprint density at radius 1 is 1.30 bits per heavy atom. The van der Waals surface area contributed by atoms with Crippen LogP contribution in [-0.2, 0) is 16.0 Å². The first-order valence-electron chi connectivity index (χ1n) is 10.2. The molecule has 0 aliphatic carbocycles. The summed E-state index contributed by atoms with van der Waals surface area (Å²) in [7, 11) is 0. The summed E-state index contributed by atoms with van der Waals surface area (Å²) in [4.78, 5) is 11.7. The maximum absolute atomic E-state index is 13.6. The summed E-state index contributed by atoms with van der Waals surface area (Å²) in [5.41, 5.74) is 3.87. The fraction of sp³-hybridized carbons (Fsp3) is 0.391. The second-order valence-corrected chi connectivity index (χ2v) is 8.91. The number of carbonyl (C=O) groups excluding carboxylic acids is 1. The molecule has 1 aliphatic heterocycles. The van der Waals surface area contributed by atoms with Gasteiger partial charge in [-0.3, -0.25) is 4.79 Å². The van der Waals surface area contributed by atoms with Gasteiger partial charge in [0.05, 0.1) is 23.9 Å². The molecule has 1 aliphatic rings. The number of carbonyl (C=O) groups is 1. The number of rotatable bonds is 6. The van der Waals surface area contributed by atoms with Crippen LogP contribution in [0.2, 0.25) is 0 Å². The smallest absolute Gasteiger partial charge is 0.308 e. The lowest BCUT2D eigenvalue weighted by Gasteiger charge is -2.26. The molecule has 3 aromatic rings. The molecular formula is C23H25FN2O3S. The molecule has 1 fully saturated rings. The molecule has 158 valence electrons. The van der Waals surface area contributed by atoms with Gasteiger partial charge < -0.3 is 9.84 Å². The fourth-order valence-electron chi connectivity index (χ4n) is 3.98. The number of halogens is 1. The minimum Gasteiger partial charge on any atom is -0.462 e. The highest BCUT2D eigenvalue weighted by Crippen LogP contribution is 2.35. The van der Waals surface area contributed by atoms with Crippen molar-refractivity contribution in [2.45, 2.75) is 57.7 Å². The molecule has 2 aromatic heterocycles. The first-order chi connectivity index (χ1) is 14.4. The summed E-state index contributed by atoms with van der Waals surface area (Å²) in [6.45, 7) is 4.20. The molecule has 2 atom stereocenters. The average molecular weight is 429 g/mol. The van der Waals surface area contributed by atoms with Crippen molar-refractivity contribution in [1.82, 2.24) is 9.78 Å². The first kappa shape index (κ1) is 20.8. The predicted molar refractivity (Wildman–Crippen MR) is 114 cm³/mol. The quantitative estimate of drug-likeness (QED) is 0.570. The molecule has 3 heterocycles. The summed E-state index contributed by atoms with van der Waals surface area (Å²) < 4.78 is 21.0. The van der Waals surface area contributed by atoms with Crippen LogP contribution < -0.4 is 0 Å².